The van der Waals surface area contributed by atoms with Gasteiger partial charge in [0.2, 0.25) is 0 Å². The molecule has 1 aliphatic heterocycles. The van der Waals surface area contributed by atoms with E-state index < -0.39 is 17.7 Å². The smallest absolute Gasteiger partial charge is 0.300 e. The zero-order chi connectivity index (χ0) is 24.2. The topological polar surface area (TPSA) is 76.1 Å². The van der Waals surface area contributed by atoms with Crippen LogP contribution in [0.4, 0.5) is 5.69 Å². The standard InChI is InChI=1S/C27H24ClNO5/c1-3-33-21-13-5-17(6-14-21)24-23(25(30)18-7-15-22(16-8-18)34-4-2)26(31)27(32)29(24)20-11-9-19(28)10-12-20/h5-16,24,30H,3-4H2,1-2H3/b25-23+. The predicted molar refractivity (Wildman–Crippen MR) is 131 cm³/mol. The fraction of sp³-hybridized carbons (Fsp3) is 0.185. The van der Waals surface area contributed by atoms with E-state index in [1.54, 1.807) is 72.8 Å². The van der Waals surface area contributed by atoms with Crippen molar-refractivity contribution in [2.75, 3.05) is 18.1 Å². The lowest BCUT2D eigenvalue weighted by atomic mass is 9.95. The van der Waals surface area contributed by atoms with Gasteiger partial charge in [0.1, 0.15) is 17.3 Å². The van der Waals surface area contributed by atoms with Crippen LogP contribution in [-0.2, 0) is 9.59 Å². The van der Waals surface area contributed by atoms with Crippen molar-refractivity contribution in [3.63, 3.8) is 0 Å². The van der Waals surface area contributed by atoms with Crippen LogP contribution in [-0.4, -0.2) is 30.0 Å². The molecule has 4 rings (SSSR count). The molecule has 0 radical (unpaired) electrons. The van der Waals surface area contributed by atoms with Crippen molar-refractivity contribution < 1.29 is 24.2 Å². The first-order chi connectivity index (χ1) is 16.4. The van der Waals surface area contributed by atoms with Gasteiger partial charge in [0.25, 0.3) is 11.7 Å². The van der Waals surface area contributed by atoms with Crippen molar-refractivity contribution in [3.05, 3.63) is 94.5 Å². The number of carbonyl (C=O) groups is 2. The monoisotopic (exact) mass is 477 g/mol. The number of aliphatic hydroxyl groups is 1. The number of rotatable bonds is 7. The molecule has 1 amide bonds. The number of ether oxygens (including phenoxy) is 2. The number of carbonyl (C=O) groups excluding carboxylic acids is 2. The van der Waals surface area contributed by atoms with Crippen LogP contribution in [0.25, 0.3) is 5.76 Å². The molecule has 3 aromatic carbocycles. The van der Waals surface area contributed by atoms with Crippen LogP contribution >= 0.6 is 11.6 Å². The summed E-state index contributed by atoms with van der Waals surface area (Å²) in [5, 5.41) is 11.7. The van der Waals surface area contributed by atoms with Gasteiger partial charge in [-0.1, -0.05) is 23.7 Å². The fourth-order valence-electron chi connectivity index (χ4n) is 3.96. The highest BCUT2D eigenvalue weighted by molar-refractivity contribution is 6.51. The summed E-state index contributed by atoms with van der Waals surface area (Å²) < 4.78 is 11.0. The zero-order valence-corrected chi connectivity index (χ0v) is 19.6. The second-order valence-electron chi connectivity index (χ2n) is 7.60. The van der Waals surface area contributed by atoms with Crippen LogP contribution in [0.2, 0.25) is 5.02 Å². The van der Waals surface area contributed by atoms with Gasteiger partial charge in [0.05, 0.1) is 24.8 Å². The summed E-state index contributed by atoms with van der Waals surface area (Å²) in [6.45, 7) is 4.79. The highest BCUT2D eigenvalue weighted by Gasteiger charge is 2.46. The number of ketones is 1. The molecular formula is C27H24ClNO5. The maximum absolute atomic E-state index is 13.2. The zero-order valence-electron chi connectivity index (χ0n) is 18.8. The Morgan fingerprint density at radius 3 is 1.91 bits per heavy atom. The molecule has 174 valence electrons. The quantitative estimate of drug-likeness (QED) is 0.266. The summed E-state index contributed by atoms with van der Waals surface area (Å²) in [5.41, 5.74) is 1.57. The average molecular weight is 478 g/mol. The third-order valence-electron chi connectivity index (χ3n) is 5.49. The lowest BCUT2D eigenvalue weighted by Gasteiger charge is -2.25. The third-order valence-corrected chi connectivity index (χ3v) is 5.75. The molecule has 0 aromatic heterocycles. The van der Waals surface area contributed by atoms with Crippen molar-refractivity contribution in [3.8, 4) is 11.5 Å². The minimum absolute atomic E-state index is 0.00766. The van der Waals surface area contributed by atoms with Crippen molar-refractivity contribution in [1.29, 1.82) is 0 Å². The van der Waals surface area contributed by atoms with Gasteiger partial charge >= 0.3 is 0 Å². The van der Waals surface area contributed by atoms with E-state index in [-0.39, 0.29) is 11.3 Å². The van der Waals surface area contributed by atoms with Crippen LogP contribution in [0, 0.1) is 0 Å². The Kier molecular flexibility index (Phi) is 6.89. The molecule has 1 unspecified atom stereocenters. The van der Waals surface area contributed by atoms with E-state index in [0.29, 0.717) is 46.5 Å². The molecule has 0 saturated carbocycles. The SMILES string of the molecule is CCOc1ccc(/C(O)=C2\C(=O)C(=O)N(c3ccc(Cl)cc3)C2c2ccc(OCC)cc2)cc1. The average Bonchev–Trinajstić information content (AvgIpc) is 3.11. The minimum atomic E-state index is -0.830. The summed E-state index contributed by atoms with van der Waals surface area (Å²) in [4.78, 5) is 27.8. The Labute approximate surface area is 203 Å². The van der Waals surface area contributed by atoms with E-state index in [4.69, 9.17) is 21.1 Å². The number of hydrogen-bond donors (Lipinski definition) is 1. The van der Waals surface area contributed by atoms with Gasteiger partial charge in [-0.05, 0) is 80.1 Å². The normalized spacial score (nSPS) is 17.1. The van der Waals surface area contributed by atoms with Crippen molar-refractivity contribution >= 4 is 34.7 Å². The number of nitrogens with zero attached hydrogens (tertiary/aromatic N) is 1. The summed E-state index contributed by atoms with van der Waals surface area (Å²) >= 11 is 6.03. The summed E-state index contributed by atoms with van der Waals surface area (Å²) in [6, 6.07) is 19.7. The lowest BCUT2D eigenvalue weighted by molar-refractivity contribution is -0.132. The number of Topliss-reactive ketones (excluding diaryl/α,β-unsaturated/α-hetero) is 1. The molecule has 0 bridgehead atoms. The third kappa shape index (κ3) is 4.50. The van der Waals surface area contributed by atoms with Crippen LogP contribution in [0.1, 0.15) is 31.0 Å². The molecule has 1 fully saturated rings. The number of hydrogen-bond acceptors (Lipinski definition) is 5. The molecule has 7 heteroatoms. The molecule has 3 aromatic rings. The lowest BCUT2D eigenvalue weighted by Crippen LogP contribution is -2.29. The maximum Gasteiger partial charge on any atom is 0.300 e. The number of halogens is 1. The molecule has 1 saturated heterocycles. The van der Waals surface area contributed by atoms with Crippen molar-refractivity contribution in [1.82, 2.24) is 0 Å². The first-order valence-corrected chi connectivity index (χ1v) is 11.3. The van der Waals surface area contributed by atoms with Gasteiger partial charge in [-0.25, -0.2) is 0 Å². The molecule has 34 heavy (non-hydrogen) atoms. The Balaban J connectivity index is 1.85. The Bertz CT molecular complexity index is 1220. The van der Waals surface area contributed by atoms with Crippen LogP contribution in [0.5, 0.6) is 11.5 Å². The van der Waals surface area contributed by atoms with E-state index in [2.05, 4.69) is 0 Å². The molecule has 0 aliphatic carbocycles. The molecule has 6 nitrogen and oxygen atoms in total. The van der Waals surface area contributed by atoms with Crippen LogP contribution < -0.4 is 14.4 Å². The molecular weight excluding hydrogens is 454 g/mol. The highest BCUT2D eigenvalue weighted by Crippen LogP contribution is 2.42. The van der Waals surface area contributed by atoms with E-state index in [1.165, 1.54) is 4.90 Å². The van der Waals surface area contributed by atoms with Gasteiger partial charge < -0.3 is 14.6 Å². The number of aliphatic hydroxyl groups excluding tert-OH is 1. The van der Waals surface area contributed by atoms with Gasteiger partial charge in [-0.2, -0.15) is 0 Å². The van der Waals surface area contributed by atoms with Gasteiger partial charge in [0, 0.05) is 16.3 Å². The fourth-order valence-corrected chi connectivity index (χ4v) is 4.09. The van der Waals surface area contributed by atoms with Crippen molar-refractivity contribution in [2.24, 2.45) is 0 Å². The van der Waals surface area contributed by atoms with Gasteiger partial charge in [-0.15, -0.1) is 0 Å². The predicted octanol–water partition coefficient (Wildman–Crippen LogP) is 5.76. The van der Waals surface area contributed by atoms with Crippen LogP contribution in [0.3, 0.4) is 0 Å². The first kappa shape index (κ1) is 23.4. The number of amides is 1. The number of anilines is 1. The molecule has 1 atom stereocenters. The Hall–Kier alpha value is -3.77. The summed E-state index contributed by atoms with van der Waals surface area (Å²) in [6.07, 6.45) is 0. The summed E-state index contributed by atoms with van der Waals surface area (Å²) in [5.74, 6) is -0.435. The Morgan fingerprint density at radius 2 is 1.38 bits per heavy atom. The molecule has 1 aliphatic rings. The van der Waals surface area contributed by atoms with E-state index in [1.807, 2.05) is 13.8 Å². The molecule has 1 N–H and O–H groups in total. The molecule has 1 heterocycles. The van der Waals surface area contributed by atoms with E-state index >= 15 is 0 Å². The Morgan fingerprint density at radius 1 is 0.853 bits per heavy atom. The van der Waals surface area contributed by atoms with Gasteiger partial charge in [0.15, 0.2) is 0 Å². The highest BCUT2D eigenvalue weighted by atomic mass is 35.5. The molecule has 0 spiro atoms. The second kappa shape index (κ2) is 10.0. The van der Waals surface area contributed by atoms with Crippen LogP contribution in [0.15, 0.2) is 78.4 Å². The van der Waals surface area contributed by atoms with E-state index in [9.17, 15) is 14.7 Å². The number of benzene rings is 3. The minimum Gasteiger partial charge on any atom is -0.507 e. The first-order valence-electron chi connectivity index (χ1n) is 11.0. The largest absolute Gasteiger partial charge is 0.507 e. The van der Waals surface area contributed by atoms with Gasteiger partial charge in [-0.3, -0.25) is 14.5 Å². The second-order valence-corrected chi connectivity index (χ2v) is 8.04. The van der Waals surface area contributed by atoms with Crippen molar-refractivity contribution in [2.45, 2.75) is 19.9 Å². The maximum atomic E-state index is 13.2. The van der Waals surface area contributed by atoms with E-state index in [0.717, 1.165) is 0 Å². The summed E-state index contributed by atoms with van der Waals surface area (Å²) in [7, 11) is 0.